The third kappa shape index (κ3) is 1.99. The van der Waals surface area contributed by atoms with Gasteiger partial charge in [-0.1, -0.05) is 11.8 Å². The largest absolute Gasteiger partial charge is 0.440 e. The fourth-order valence-corrected chi connectivity index (χ4v) is 2.02. The Kier molecular flexibility index (Phi) is 3.49. The molecular weight excluding hydrogens is 288 g/mol. The number of hydrogen-bond donors (Lipinski definition) is 1. The van der Waals surface area contributed by atoms with Gasteiger partial charge in [0, 0.05) is 7.05 Å². The van der Waals surface area contributed by atoms with Crippen LogP contribution in [0, 0.1) is 0 Å². The molecule has 1 aliphatic heterocycles. The summed E-state index contributed by atoms with van der Waals surface area (Å²) in [4.78, 5) is 13.9. The smallest absolute Gasteiger partial charge is 0.316 e. The molecule has 2 amide bonds. The van der Waals surface area contributed by atoms with E-state index in [1.165, 1.54) is 6.26 Å². The van der Waals surface area contributed by atoms with Crippen molar-refractivity contribution in [1.29, 1.82) is 0 Å². The molecule has 0 fully saturated rings. The number of alkyl halides is 6. The van der Waals surface area contributed by atoms with Gasteiger partial charge in [-0.2, -0.15) is 31.3 Å². The van der Waals surface area contributed by atoms with E-state index in [0.717, 1.165) is 5.32 Å². The molecule has 1 aliphatic rings. The molecule has 4 nitrogen and oxygen atoms in total. The van der Waals surface area contributed by atoms with E-state index in [1.807, 2.05) is 0 Å². The molecule has 0 bridgehead atoms. The van der Waals surface area contributed by atoms with Crippen molar-refractivity contribution in [3.05, 3.63) is 0 Å². The quantitative estimate of drug-likeness (QED) is 0.697. The molecule has 0 saturated heterocycles. The first kappa shape index (κ1) is 14.9. The SMILES string of the molecule is CSC1=NC(=O)NC(C(F)(F)F)(C(F)(F)F)N1C. The molecule has 0 aromatic carbocycles. The van der Waals surface area contributed by atoms with Gasteiger partial charge in [-0.3, -0.25) is 5.32 Å². The predicted octanol–water partition coefficient (Wildman–Crippen LogP) is 2.18. The van der Waals surface area contributed by atoms with Crippen molar-refractivity contribution in [3.8, 4) is 0 Å². The molecule has 0 unspecified atom stereocenters. The van der Waals surface area contributed by atoms with E-state index >= 15 is 0 Å². The van der Waals surface area contributed by atoms with Gasteiger partial charge in [-0.15, -0.1) is 0 Å². The topological polar surface area (TPSA) is 44.7 Å². The molecule has 0 aromatic heterocycles. The maximum atomic E-state index is 12.8. The number of halogens is 6. The summed E-state index contributed by atoms with van der Waals surface area (Å²) in [6.45, 7) is 0. The van der Waals surface area contributed by atoms with Crippen LogP contribution < -0.4 is 5.32 Å². The minimum absolute atomic E-state index is 0.140. The van der Waals surface area contributed by atoms with Crippen molar-refractivity contribution in [1.82, 2.24) is 10.2 Å². The summed E-state index contributed by atoms with van der Waals surface area (Å²) < 4.78 is 76.7. The zero-order chi connectivity index (χ0) is 14.4. The molecule has 1 rings (SSSR count). The maximum absolute atomic E-state index is 12.8. The highest BCUT2D eigenvalue weighted by molar-refractivity contribution is 8.13. The van der Waals surface area contributed by atoms with Crippen LogP contribution in [-0.4, -0.2) is 47.4 Å². The third-order valence-corrected chi connectivity index (χ3v) is 3.01. The molecular formula is C7H7F6N3OS. The second-order valence-electron chi connectivity index (χ2n) is 3.29. The summed E-state index contributed by atoms with van der Waals surface area (Å²) in [5, 5.41) is 0.187. The highest BCUT2D eigenvalue weighted by atomic mass is 32.2. The molecule has 0 saturated carbocycles. The number of carbonyl (C=O) groups excluding carboxylic acids is 1. The van der Waals surface area contributed by atoms with Crippen LogP contribution in [0.3, 0.4) is 0 Å². The minimum Gasteiger partial charge on any atom is -0.316 e. The lowest BCUT2D eigenvalue weighted by Gasteiger charge is -2.46. The molecule has 11 heteroatoms. The third-order valence-electron chi connectivity index (χ3n) is 2.28. The molecule has 0 radical (unpaired) electrons. The number of urea groups is 1. The molecule has 0 spiro atoms. The average molecular weight is 295 g/mol. The van der Waals surface area contributed by atoms with Crippen LogP contribution in [0.15, 0.2) is 4.99 Å². The number of rotatable bonds is 0. The first-order chi connectivity index (χ1) is 7.97. The Hall–Kier alpha value is -1.13. The van der Waals surface area contributed by atoms with E-state index in [0.29, 0.717) is 18.8 Å². The zero-order valence-corrected chi connectivity index (χ0v) is 9.80. The van der Waals surface area contributed by atoms with Crippen LogP contribution in [0.4, 0.5) is 31.1 Å². The van der Waals surface area contributed by atoms with Crippen molar-refractivity contribution in [2.24, 2.45) is 4.99 Å². The van der Waals surface area contributed by atoms with Crippen molar-refractivity contribution in [3.63, 3.8) is 0 Å². The minimum atomic E-state index is -5.74. The van der Waals surface area contributed by atoms with Gasteiger partial charge in [0.05, 0.1) is 0 Å². The van der Waals surface area contributed by atoms with Crippen LogP contribution >= 0.6 is 11.8 Å². The van der Waals surface area contributed by atoms with E-state index < -0.39 is 29.2 Å². The number of amides is 2. The van der Waals surface area contributed by atoms with Crippen molar-refractivity contribution < 1.29 is 31.1 Å². The van der Waals surface area contributed by atoms with Crippen LogP contribution in [0.1, 0.15) is 0 Å². The number of amidine groups is 1. The van der Waals surface area contributed by atoms with Crippen LogP contribution in [0.2, 0.25) is 0 Å². The lowest BCUT2D eigenvalue weighted by molar-refractivity contribution is -0.335. The van der Waals surface area contributed by atoms with E-state index in [-0.39, 0.29) is 4.90 Å². The molecule has 104 valence electrons. The number of nitrogens with zero attached hydrogens (tertiary/aromatic N) is 2. The Morgan fingerprint density at radius 2 is 1.67 bits per heavy atom. The first-order valence-corrected chi connectivity index (χ1v) is 5.52. The predicted molar refractivity (Wildman–Crippen MR) is 52.1 cm³/mol. The van der Waals surface area contributed by atoms with Crippen LogP contribution in [-0.2, 0) is 0 Å². The molecule has 1 N–H and O–H groups in total. The Labute approximate surface area is 101 Å². The van der Waals surface area contributed by atoms with Crippen molar-refractivity contribution in [2.45, 2.75) is 18.0 Å². The fourth-order valence-electron chi connectivity index (χ4n) is 1.44. The summed E-state index contributed by atoms with van der Waals surface area (Å²) in [5.41, 5.74) is -4.46. The van der Waals surface area contributed by atoms with Gasteiger partial charge < -0.3 is 4.90 Å². The molecule has 0 aromatic rings. The van der Waals surface area contributed by atoms with Gasteiger partial charge in [-0.25, -0.2) is 4.79 Å². The van der Waals surface area contributed by atoms with E-state index in [2.05, 4.69) is 4.99 Å². The summed E-state index contributed by atoms with van der Waals surface area (Å²) in [6.07, 6.45) is -10.3. The Balaban J connectivity index is 3.47. The van der Waals surface area contributed by atoms with E-state index in [9.17, 15) is 31.1 Å². The number of nitrogens with one attached hydrogen (secondary N) is 1. The van der Waals surface area contributed by atoms with Gasteiger partial charge in [0.1, 0.15) is 0 Å². The van der Waals surface area contributed by atoms with Gasteiger partial charge in [0.25, 0.3) is 0 Å². The molecule has 1 heterocycles. The summed E-state index contributed by atoms with van der Waals surface area (Å²) in [6, 6.07) is -1.69. The second kappa shape index (κ2) is 4.21. The van der Waals surface area contributed by atoms with E-state index in [4.69, 9.17) is 0 Å². The highest BCUT2D eigenvalue weighted by Gasteiger charge is 2.76. The molecule has 0 aliphatic carbocycles. The number of carbonyl (C=O) groups is 1. The number of aliphatic imine (C=N–C) groups is 1. The first-order valence-electron chi connectivity index (χ1n) is 4.29. The second-order valence-corrected chi connectivity index (χ2v) is 4.07. The van der Waals surface area contributed by atoms with Crippen LogP contribution in [0.25, 0.3) is 0 Å². The normalized spacial score (nSPS) is 20.6. The standard InChI is InChI=1S/C7H7F6N3OS/c1-16-4(18-2)14-3(17)15-5(16,6(8,9)10)7(11,12)13/h1-2H3,(H,15,17). The monoisotopic (exact) mass is 295 g/mol. The van der Waals surface area contributed by atoms with Gasteiger partial charge in [-0.05, 0) is 6.26 Å². The summed E-state index contributed by atoms with van der Waals surface area (Å²) in [5.74, 6) is 0. The van der Waals surface area contributed by atoms with Gasteiger partial charge in [0.15, 0.2) is 5.17 Å². The molecule has 18 heavy (non-hydrogen) atoms. The number of hydrogen-bond acceptors (Lipinski definition) is 3. The zero-order valence-electron chi connectivity index (χ0n) is 8.98. The average Bonchev–Trinajstić information content (AvgIpc) is 2.17. The Morgan fingerprint density at radius 3 is 2.00 bits per heavy atom. The van der Waals surface area contributed by atoms with E-state index in [1.54, 1.807) is 0 Å². The maximum Gasteiger partial charge on any atom is 0.440 e. The van der Waals surface area contributed by atoms with Crippen LogP contribution in [0.5, 0.6) is 0 Å². The van der Waals surface area contributed by atoms with Crippen molar-refractivity contribution >= 4 is 23.0 Å². The van der Waals surface area contributed by atoms with Gasteiger partial charge in [0.2, 0.25) is 0 Å². The number of thioether (sulfide) groups is 1. The lowest BCUT2D eigenvalue weighted by atomic mass is 10.1. The Bertz CT molecular complexity index is 376. The van der Waals surface area contributed by atoms with Crippen molar-refractivity contribution in [2.75, 3.05) is 13.3 Å². The summed E-state index contributed by atoms with van der Waals surface area (Å²) >= 11 is 0.507. The fraction of sp³-hybridized carbons (Fsp3) is 0.714. The summed E-state index contributed by atoms with van der Waals surface area (Å²) in [7, 11) is 0.565. The Morgan fingerprint density at radius 1 is 1.22 bits per heavy atom. The molecule has 0 atom stereocenters. The van der Waals surface area contributed by atoms with Gasteiger partial charge >= 0.3 is 24.0 Å². The highest BCUT2D eigenvalue weighted by Crippen LogP contribution is 2.46. The lowest BCUT2D eigenvalue weighted by Crippen LogP contribution is -2.77.